The fourth-order valence-electron chi connectivity index (χ4n) is 3.27. The molecule has 0 saturated carbocycles. The summed E-state index contributed by atoms with van der Waals surface area (Å²) in [6.07, 6.45) is 0. The number of rotatable bonds is 4. The first kappa shape index (κ1) is 20.4. The molecule has 1 aromatic heterocycles. The number of hydrogen-bond acceptors (Lipinski definition) is 4. The van der Waals surface area contributed by atoms with Crippen molar-refractivity contribution in [2.24, 2.45) is 7.05 Å². The Hall–Kier alpha value is -2.85. The van der Waals surface area contributed by atoms with Crippen LogP contribution in [-0.4, -0.2) is 21.2 Å². The minimum Gasteiger partial charge on any atom is -0.344 e. The summed E-state index contributed by atoms with van der Waals surface area (Å²) in [4.78, 5) is 39.7. The van der Waals surface area contributed by atoms with Crippen LogP contribution in [0.15, 0.2) is 70.1 Å². The molecule has 4 rings (SSSR count). The highest BCUT2D eigenvalue weighted by Crippen LogP contribution is 2.30. The number of carbonyl (C=O) groups excluding carboxylic acids is 2. The number of hydrogen-bond donors (Lipinski definition) is 1. The number of halogens is 2. The van der Waals surface area contributed by atoms with E-state index in [1.54, 1.807) is 55.1 Å². The highest BCUT2D eigenvalue weighted by Gasteiger charge is 2.39. The van der Waals surface area contributed by atoms with E-state index in [1.807, 2.05) is 18.2 Å². The number of anilines is 2. The molecule has 30 heavy (non-hydrogen) atoms. The molecule has 0 saturated heterocycles. The summed E-state index contributed by atoms with van der Waals surface area (Å²) in [5, 5.41) is 2.57. The average Bonchev–Trinajstić information content (AvgIpc) is 3.08. The summed E-state index contributed by atoms with van der Waals surface area (Å²) in [5.41, 5.74) is 1.38. The fourth-order valence-corrected chi connectivity index (χ4v) is 3.85. The number of nitrogens with one attached hydrogen (secondary N) is 1. The lowest BCUT2D eigenvalue weighted by atomic mass is 10.3. The van der Waals surface area contributed by atoms with Gasteiger partial charge in [0.2, 0.25) is 0 Å². The zero-order chi connectivity index (χ0) is 21.6. The van der Waals surface area contributed by atoms with E-state index in [-0.39, 0.29) is 22.0 Å². The molecule has 0 fully saturated rings. The van der Waals surface area contributed by atoms with Gasteiger partial charge in [-0.15, -0.1) is 0 Å². The van der Waals surface area contributed by atoms with Crippen LogP contribution in [0.4, 0.5) is 11.4 Å². The monoisotopic (exact) mass is 534 g/mol. The Kier molecular flexibility index (Phi) is 5.29. The predicted molar refractivity (Wildman–Crippen MR) is 124 cm³/mol. The zero-order valence-electron chi connectivity index (χ0n) is 16.0. The second-order valence-corrected chi connectivity index (χ2v) is 8.30. The molecule has 2 heterocycles. The van der Waals surface area contributed by atoms with Crippen molar-refractivity contribution >= 4 is 57.4 Å². The van der Waals surface area contributed by atoms with Crippen molar-refractivity contribution < 1.29 is 9.59 Å². The molecular weight excluding hydrogens is 519 g/mol. The van der Waals surface area contributed by atoms with Crippen LogP contribution >= 0.6 is 34.2 Å². The van der Waals surface area contributed by atoms with Gasteiger partial charge in [0.05, 0.1) is 17.1 Å². The molecular formula is C21H16ClIN4O3. The number of imide groups is 1. The summed E-state index contributed by atoms with van der Waals surface area (Å²) < 4.78 is 4.12. The lowest BCUT2D eigenvalue weighted by Gasteiger charge is -2.15. The molecule has 9 heteroatoms. The van der Waals surface area contributed by atoms with Gasteiger partial charge in [-0.1, -0.05) is 29.8 Å². The standard InChI is InChI=1S/C21H16ClIN4O3/c1-12-17(21(30)27(25(12)2)15-6-4-3-5-7-15)24-18-16(22)19(28)26(20(18)29)14-10-8-13(23)9-11-14/h3-11,24H,1-2H3. The van der Waals surface area contributed by atoms with E-state index < -0.39 is 11.8 Å². The summed E-state index contributed by atoms with van der Waals surface area (Å²) in [5.74, 6) is -1.25. The smallest absolute Gasteiger partial charge is 0.295 e. The Bertz CT molecular complexity index is 1260. The lowest BCUT2D eigenvalue weighted by Crippen LogP contribution is -2.32. The first-order chi connectivity index (χ1) is 14.3. The molecule has 1 aliphatic heterocycles. The van der Waals surface area contributed by atoms with Crippen LogP contribution in [-0.2, 0) is 16.6 Å². The average molecular weight is 535 g/mol. The van der Waals surface area contributed by atoms with Crippen molar-refractivity contribution in [1.82, 2.24) is 9.36 Å². The summed E-state index contributed by atoms with van der Waals surface area (Å²) in [7, 11) is 1.74. The van der Waals surface area contributed by atoms with Crippen molar-refractivity contribution in [3.63, 3.8) is 0 Å². The molecule has 0 unspecified atom stereocenters. The van der Waals surface area contributed by atoms with Crippen molar-refractivity contribution in [2.45, 2.75) is 6.92 Å². The second-order valence-electron chi connectivity index (χ2n) is 6.67. The third-order valence-electron chi connectivity index (χ3n) is 4.92. The Morgan fingerprint density at radius 3 is 2.17 bits per heavy atom. The Morgan fingerprint density at radius 1 is 0.900 bits per heavy atom. The van der Waals surface area contributed by atoms with Crippen LogP contribution in [0.5, 0.6) is 0 Å². The number of para-hydroxylation sites is 1. The summed E-state index contributed by atoms with van der Waals surface area (Å²) in [6.45, 7) is 1.75. The van der Waals surface area contributed by atoms with Gasteiger partial charge in [0.25, 0.3) is 17.4 Å². The molecule has 2 amide bonds. The molecule has 0 bridgehead atoms. The quantitative estimate of drug-likeness (QED) is 0.411. The van der Waals surface area contributed by atoms with E-state index in [1.165, 1.54) is 4.68 Å². The maximum atomic E-state index is 13.1. The first-order valence-electron chi connectivity index (χ1n) is 8.96. The first-order valence-corrected chi connectivity index (χ1v) is 10.4. The molecule has 1 aliphatic rings. The van der Waals surface area contributed by atoms with E-state index in [0.29, 0.717) is 17.1 Å². The highest BCUT2D eigenvalue weighted by molar-refractivity contribution is 14.1. The van der Waals surface area contributed by atoms with Gasteiger partial charge in [0, 0.05) is 10.6 Å². The van der Waals surface area contributed by atoms with E-state index in [4.69, 9.17) is 11.6 Å². The van der Waals surface area contributed by atoms with E-state index >= 15 is 0 Å². The van der Waals surface area contributed by atoms with E-state index in [2.05, 4.69) is 27.9 Å². The molecule has 152 valence electrons. The Balaban J connectivity index is 1.73. The normalized spacial score (nSPS) is 14.1. The van der Waals surface area contributed by atoms with Gasteiger partial charge in [0.1, 0.15) is 16.4 Å². The lowest BCUT2D eigenvalue weighted by molar-refractivity contribution is -0.120. The molecule has 7 nitrogen and oxygen atoms in total. The predicted octanol–water partition coefficient (Wildman–Crippen LogP) is 3.52. The number of benzene rings is 2. The largest absolute Gasteiger partial charge is 0.344 e. The van der Waals surface area contributed by atoms with Crippen LogP contribution in [0.1, 0.15) is 5.69 Å². The molecule has 0 atom stereocenters. The van der Waals surface area contributed by atoms with Crippen LogP contribution in [0.25, 0.3) is 5.69 Å². The minimum absolute atomic E-state index is 0.119. The third-order valence-corrected chi connectivity index (χ3v) is 5.99. The number of carbonyl (C=O) groups is 2. The van der Waals surface area contributed by atoms with Gasteiger partial charge in [-0.05, 0) is 65.9 Å². The van der Waals surface area contributed by atoms with Crippen LogP contribution in [0.2, 0.25) is 0 Å². The third kappa shape index (κ3) is 3.25. The number of aromatic nitrogens is 2. The maximum Gasteiger partial charge on any atom is 0.295 e. The van der Waals surface area contributed by atoms with Crippen LogP contribution < -0.4 is 15.8 Å². The zero-order valence-corrected chi connectivity index (χ0v) is 18.9. The molecule has 3 aromatic rings. The highest BCUT2D eigenvalue weighted by atomic mass is 127. The number of nitrogens with zero attached hydrogens (tertiary/aromatic N) is 3. The molecule has 0 radical (unpaired) electrons. The van der Waals surface area contributed by atoms with E-state index in [0.717, 1.165) is 8.47 Å². The Labute approximate surface area is 190 Å². The van der Waals surface area contributed by atoms with Gasteiger partial charge in [-0.3, -0.25) is 19.1 Å². The second kappa shape index (κ2) is 7.77. The fraction of sp³-hybridized carbons (Fsp3) is 0.0952. The molecule has 0 spiro atoms. The van der Waals surface area contributed by atoms with Crippen molar-refractivity contribution in [2.75, 3.05) is 10.2 Å². The van der Waals surface area contributed by atoms with Gasteiger partial charge >= 0.3 is 0 Å². The maximum absolute atomic E-state index is 13.1. The summed E-state index contributed by atoms with van der Waals surface area (Å²) in [6, 6.07) is 16.0. The van der Waals surface area contributed by atoms with Gasteiger partial charge in [-0.2, -0.15) is 0 Å². The molecule has 0 aliphatic carbocycles. The van der Waals surface area contributed by atoms with Gasteiger partial charge < -0.3 is 5.32 Å². The van der Waals surface area contributed by atoms with Gasteiger partial charge in [0.15, 0.2) is 0 Å². The van der Waals surface area contributed by atoms with Crippen LogP contribution in [0, 0.1) is 10.5 Å². The van der Waals surface area contributed by atoms with Crippen molar-refractivity contribution in [3.8, 4) is 5.69 Å². The van der Waals surface area contributed by atoms with Gasteiger partial charge in [-0.25, -0.2) is 9.58 Å². The topological polar surface area (TPSA) is 76.3 Å². The Morgan fingerprint density at radius 2 is 1.53 bits per heavy atom. The molecule has 1 N–H and O–H groups in total. The van der Waals surface area contributed by atoms with Crippen LogP contribution in [0.3, 0.4) is 0 Å². The molecule has 2 aromatic carbocycles. The number of amides is 2. The van der Waals surface area contributed by atoms with Crippen molar-refractivity contribution in [1.29, 1.82) is 0 Å². The summed E-state index contributed by atoms with van der Waals surface area (Å²) >= 11 is 8.34. The van der Waals surface area contributed by atoms with E-state index in [9.17, 15) is 14.4 Å². The minimum atomic E-state index is -0.637. The SMILES string of the molecule is Cc1c(NC2=C(Cl)C(=O)N(c3ccc(I)cc3)C2=O)c(=O)n(-c2ccccc2)n1C. The van der Waals surface area contributed by atoms with Crippen molar-refractivity contribution in [3.05, 3.63) is 84.9 Å².